The van der Waals surface area contributed by atoms with Crippen LogP contribution in [0.15, 0.2) is 78.9 Å². The van der Waals surface area contributed by atoms with Crippen LogP contribution < -0.4 is 10.6 Å². The maximum absolute atomic E-state index is 13.2. The van der Waals surface area contributed by atoms with Crippen LogP contribution in [0.4, 0.5) is 0 Å². The van der Waals surface area contributed by atoms with Gasteiger partial charge in [0, 0.05) is 37.2 Å². The molecule has 0 bridgehead atoms. The van der Waals surface area contributed by atoms with E-state index in [4.69, 9.17) is 0 Å². The highest BCUT2D eigenvalue weighted by molar-refractivity contribution is 5.97. The third kappa shape index (κ3) is 6.45. The SMILES string of the molecule is COC(=O)/C=C/C(=O)N1CC(NC(=O)CCc2ccccc2C(=O)NC(C)c2cccc3ccccc23)C1. The average molecular weight is 514 g/mol. The average Bonchev–Trinajstić information content (AvgIpc) is 2.91. The fraction of sp³-hybridized carbons (Fsp3) is 0.267. The van der Waals surface area contributed by atoms with Crippen LogP contribution in [0.3, 0.4) is 0 Å². The van der Waals surface area contributed by atoms with Crippen LogP contribution >= 0.6 is 0 Å². The number of likely N-dealkylation sites (tertiary alicyclic amines) is 1. The first-order valence-electron chi connectivity index (χ1n) is 12.6. The van der Waals surface area contributed by atoms with Crippen molar-refractivity contribution in [1.29, 1.82) is 0 Å². The van der Waals surface area contributed by atoms with Gasteiger partial charge in [0.25, 0.3) is 5.91 Å². The number of carbonyl (C=O) groups excluding carboxylic acids is 4. The molecule has 2 N–H and O–H groups in total. The molecule has 1 fully saturated rings. The second-order valence-corrected chi connectivity index (χ2v) is 9.28. The number of nitrogens with one attached hydrogen (secondary N) is 2. The molecule has 0 aliphatic carbocycles. The van der Waals surface area contributed by atoms with E-state index in [1.54, 1.807) is 6.07 Å². The van der Waals surface area contributed by atoms with Gasteiger partial charge in [-0.05, 0) is 41.3 Å². The van der Waals surface area contributed by atoms with Crippen LogP contribution in [0, 0.1) is 0 Å². The van der Waals surface area contributed by atoms with Crippen molar-refractivity contribution in [1.82, 2.24) is 15.5 Å². The summed E-state index contributed by atoms with van der Waals surface area (Å²) in [5, 5.41) is 8.25. The number of amides is 3. The Hall–Kier alpha value is -4.46. The molecule has 3 amide bonds. The standard InChI is InChI=1S/C30H31N3O5/c1-20(24-13-7-10-21-8-3-5-11-25(21)24)31-30(37)26-12-6-4-9-22(26)14-15-27(34)32-23-18-33(19-23)28(35)16-17-29(36)38-2/h3-13,16-17,20,23H,14-15,18-19H2,1-2H3,(H,31,37)(H,32,34)/b17-16+. The lowest BCUT2D eigenvalue weighted by Crippen LogP contribution is -2.60. The number of methoxy groups -OCH3 is 1. The van der Waals surface area contributed by atoms with Gasteiger partial charge in [-0.1, -0.05) is 60.7 Å². The second-order valence-electron chi connectivity index (χ2n) is 9.28. The van der Waals surface area contributed by atoms with Crippen molar-refractivity contribution in [3.8, 4) is 0 Å². The number of hydrogen-bond acceptors (Lipinski definition) is 5. The number of rotatable bonds is 9. The molecule has 8 heteroatoms. The Morgan fingerprint density at radius 1 is 0.974 bits per heavy atom. The van der Waals surface area contributed by atoms with Gasteiger partial charge in [-0.3, -0.25) is 14.4 Å². The van der Waals surface area contributed by atoms with Gasteiger partial charge in [-0.25, -0.2) is 4.79 Å². The Morgan fingerprint density at radius 3 is 2.47 bits per heavy atom. The number of aryl methyl sites for hydroxylation is 1. The van der Waals surface area contributed by atoms with Crippen molar-refractivity contribution >= 4 is 34.5 Å². The molecule has 1 unspecified atom stereocenters. The van der Waals surface area contributed by atoms with Gasteiger partial charge in [-0.15, -0.1) is 0 Å². The third-order valence-corrected chi connectivity index (χ3v) is 6.64. The molecule has 1 atom stereocenters. The first kappa shape index (κ1) is 26.6. The van der Waals surface area contributed by atoms with Gasteiger partial charge in [0.2, 0.25) is 11.8 Å². The summed E-state index contributed by atoms with van der Waals surface area (Å²) in [7, 11) is 1.24. The normalized spacial score (nSPS) is 14.1. The highest BCUT2D eigenvalue weighted by Crippen LogP contribution is 2.24. The minimum absolute atomic E-state index is 0.141. The smallest absolute Gasteiger partial charge is 0.330 e. The van der Waals surface area contributed by atoms with Crippen molar-refractivity contribution in [2.24, 2.45) is 0 Å². The fourth-order valence-electron chi connectivity index (χ4n) is 4.55. The molecule has 3 aromatic rings. The minimum Gasteiger partial charge on any atom is -0.466 e. The van der Waals surface area contributed by atoms with Crippen molar-refractivity contribution in [2.45, 2.75) is 31.8 Å². The summed E-state index contributed by atoms with van der Waals surface area (Å²) >= 11 is 0. The van der Waals surface area contributed by atoms with E-state index in [1.807, 2.05) is 49.4 Å². The Bertz CT molecular complexity index is 1370. The first-order valence-corrected chi connectivity index (χ1v) is 12.6. The van der Waals surface area contributed by atoms with Crippen LogP contribution in [0.2, 0.25) is 0 Å². The van der Waals surface area contributed by atoms with Gasteiger partial charge in [0.1, 0.15) is 0 Å². The quantitative estimate of drug-likeness (QED) is 0.337. The Labute approximate surface area is 221 Å². The molecule has 1 aliphatic rings. The topological polar surface area (TPSA) is 105 Å². The van der Waals surface area contributed by atoms with Crippen LogP contribution in [-0.4, -0.2) is 54.8 Å². The number of esters is 1. The monoisotopic (exact) mass is 513 g/mol. The number of carbonyl (C=O) groups is 4. The zero-order valence-corrected chi connectivity index (χ0v) is 21.5. The molecule has 1 heterocycles. The van der Waals surface area contributed by atoms with Crippen molar-refractivity contribution in [2.75, 3.05) is 20.2 Å². The van der Waals surface area contributed by atoms with E-state index in [2.05, 4.69) is 33.6 Å². The third-order valence-electron chi connectivity index (χ3n) is 6.64. The Kier molecular flexibility index (Phi) is 8.53. The second kappa shape index (κ2) is 12.2. The highest BCUT2D eigenvalue weighted by atomic mass is 16.5. The fourth-order valence-corrected chi connectivity index (χ4v) is 4.55. The summed E-state index contributed by atoms with van der Waals surface area (Å²) in [5.74, 6) is -1.24. The summed E-state index contributed by atoms with van der Waals surface area (Å²) in [4.78, 5) is 50.4. The zero-order valence-electron chi connectivity index (χ0n) is 21.5. The molecular weight excluding hydrogens is 482 g/mol. The Balaban J connectivity index is 1.30. The van der Waals surface area contributed by atoms with Gasteiger partial charge in [0.05, 0.1) is 19.2 Å². The summed E-state index contributed by atoms with van der Waals surface area (Å²) in [5.41, 5.74) is 2.39. The van der Waals surface area contributed by atoms with Gasteiger partial charge >= 0.3 is 5.97 Å². The summed E-state index contributed by atoms with van der Waals surface area (Å²) in [6.07, 6.45) is 2.86. The summed E-state index contributed by atoms with van der Waals surface area (Å²) < 4.78 is 4.47. The number of hydrogen-bond donors (Lipinski definition) is 2. The lowest BCUT2D eigenvalue weighted by Gasteiger charge is -2.39. The molecular formula is C30H31N3O5. The molecule has 38 heavy (non-hydrogen) atoms. The van der Waals surface area contributed by atoms with E-state index in [0.717, 1.165) is 34.1 Å². The first-order chi connectivity index (χ1) is 18.4. The summed E-state index contributed by atoms with van der Waals surface area (Å²) in [6.45, 7) is 2.72. The summed E-state index contributed by atoms with van der Waals surface area (Å²) in [6, 6.07) is 21.1. The number of fused-ring (bicyclic) bond motifs is 1. The molecule has 196 valence electrons. The molecule has 3 aromatic carbocycles. The minimum atomic E-state index is -0.597. The highest BCUT2D eigenvalue weighted by Gasteiger charge is 2.30. The molecule has 0 aromatic heterocycles. The molecule has 0 spiro atoms. The van der Waals surface area contributed by atoms with E-state index >= 15 is 0 Å². The van der Waals surface area contributed by atoms with E-state index in [9.17, 15) is 19.2 Å². The van der Waals surface area contributed by atoms with Gasteiger partial charge in [0.15, 0.2) is 0 Å². The van der Waals surface area contributed by atoms with Crippen molar-refractivity contribution in [3.63, 3.8) is 0 Å². The molecule has 1 saturated heterocycles. The van der Waals surface area contributed by atoms with Crippen LogP contribution in [0.25, 0.3) is 10.8 Å². The lowest BCUT2D eigenvalue weighted by atomic mass is 9.98. The lowest BCUT2D eigenvalue weighted by molar-refractivity contribution is -0.136. The maximum atomic E-state index is 13.2. The predicted molar refractivity (Wildman–Crippen MR) is 144 cm³/mol. The van der Waals surface area contributed by atoms with E-state index in [-0.39, 0.29) is 36.2 Å². The van der Waals surface area contributed by atoms with E-state index < -0.39 is 5.97 Å². The zero-order chi connectivity index (χ0) is 27.1. The Morgan fingerprint density at radius 2 is 1.68 bits per heavy atom. The van der Waals surface area contributed by atoms with Crippen molar-refractivity contribution < 1.29 is 23.9 Å². The largest absolute Gasteiger partial charge is 0.466 e. The molecule has 0 saturated carbocycles. The van der Waals surface area contributed by atoms with Crippen molar-refractivity contribution in [3.05, 3.63) is 95.6 Å². The molecule has 0 radical (unpaired) electrons. The predicted octanol–water partition coefficient (Wildman–Crippen LogP) is 3.32. The van der Waals surface area contributed by atoms with E-state index in [0.29, 0.717) is 25.1 Å². The van der Waals surface area contributed by atoms with Gasteiger partial charge in [-0.2, -0.15) is 0 Å². The number of ether oxygens (including phenoxy) is 1. The molecule has 1 aliphatic heterocycles. The van der Waals surface area contributed by atoms with Crippen LogP contribution in [0.5, 0.6) is 0 Å². The van der Waals surface area contributed by atoms with Crippen LogP contribution in [0.1, 0.15) is 40.9 Å². The number of nitrogens with zero attached hydrogens (tertiary/aromatic N) is 1. The number of benzene rings is 3. The molecule has 8 nitrogen and oxygen atoms in total. The van der Waals surface area contributed by atoms with Gasteiger partial charge < -0.3 is 20.3 Å². The maximum Gasteiger partial charge on any atom is 0.330 e. The van der Waals surface area contributed by atoms with E-state index in [1.165, 1.54) is 12.0 Å². The van der Waals surface area contributed by atoms with Crippen LogP contribution in [-0.2, 0) is 25.5 Å². The molecule has 4 rings (SSSR count).